The maximum atomic E-state index is 5.53. The van der Waals surface area contributed by atoms with Crippen molar-refractivity contribution in [1.29, 1.82) is 0 Å². The SMILES string of the molecule is NCC1CCC2OC2C1. The molecular formula is C7H13NO. The van der Waals surface area contributed by atoms with Gasteiger partial charge in [-0.1, -0.05) is 0 Å². The second kappa shape index (κ2) is 1.96. The fourth-order valence-electron chi connectivity index (χ4n) is 1.70. The zero-order valence-electron chi connectivity index (χ0n) is 5.55. The van der Waals surface area contributed by atoms with Crippen LogP contribution in [-0.2, 0) is 4.74 Å². The van der Waals surface area contributed by atoms with Crippen LogP contribution in [0, 0.1) is 5.92 Å². The quantitative estimate of drug-likeness (QED) is 0.521. The van der Waals surface area contributed by atoms with Gasteiger partial charge in [0.2, 0.25) is 0 Å². The lowest BCUT2D eigenvalue weighted by Crippen LogP contribution is -2.21. The van der Waals surface area contributed by atoms with Crippen molar-refractivity contribution in [1.82, 2.24) is 0 Å². The molecule has 0 aromatic rings. The average molecular weight is 127 g/mol. The van der Waals surface area contributed by atoms with Crippen molar-refractivity contribution < 1.29 is 4.74 Å². The Bertz CT molecular complexity index is 115. The summed E-state index contributed by atoms with van der Waals surface area (Å²) in [4.78, 5) is 0. The Morgan fingerprint density at radius 1 is 1.33 bits per heavy atom. The lowest BCUT2D eigenvalue weighted by Gasteiger charge is -2.15. The van der Waals surface area contributed by atoms with Crippen LogP contribution in [0.1, 0.15) is 19.3 Å². The second-order valence-electron chi connectivity index (χ2n) is 3.13. The van der Waals surface area contributed by atoms with Crippen molar-refractivity contribution >= 4 is 0 Å². The maximum absolute atomic E-state index is 5.53. The van der Waals surface area contributed by atoms with E-state index in [0.717, 1.165) is 12.5 Å². The topological polar surface area (TPSA) is 38.5 Å². The Morgan fingerprint density at radius 2 is 2.22 bits per heavy atom. The lowest BCUT2D eigenvalue weighted by molar-refractivity contribution is 0.363. The molecule has 2 heteroatoms. The van der Waals surface area contributed by atoms with Gasteiger partial charge in [-0.3, -0.25) is 0 Å². The van der Waals surface area contributed by atoms with Gasteiger partial charge >= 0.3 is 0 Å². The zero-order chi connectivity index (χ0) is 6.27. The number of nitrogens with two attached hydrogens (primary N) is 1. The molecule has 3 unspecified atom stereocenters. The Labute approximate surface area is 55.4 Å². The standard InChI is InChI=1S/C7H13NO/c8-4-5-1-2-6-7(3-5)9-6/h5-7H,1-4,8H2. The highest BCUT2D eigenvalue weighted by Crippen LogP contribution is 2.38. The van der Waals surface area contributed by atoms with E-state index < -0.39 is 0 Å². The molecule has 9 heavy (non-hydrogen) atoms. The van der Waals surface area contributed by atoms with Gasteiger partial charge in [0.15, 0.2) is 0 Å². The first-order valence-corrected chi connectivity index (χ1v) is 3.75. The average Bonchev–Trinajstić information content (AvgIpc) is 2.64. The van der Waals surface area contributed by atoms with Gasteiger partial charge in [-0.2, -0.15) is 0 Å². The first-order valence-electron chi connectivity index (χ1n) is 3.75. The minimum atomic E-state index is 0.604. The summed E-state index contributed by atoms with van der Waals surface area (Å²) in [7, 11) is 0. The molecule has 1 heterocycles. The fourth-order valence-corrected chi connectivity index (χ4v) is 1.70. The molecule has 2 aliphatic rings. The van der Waals surface area contributed by atoms with Crippen LogP contribution < -0.4 is 5.73 Å². The van der Waals surface area contributed by atoms with Crippen LogP contribution in [0.2, 0.25) is 0 Å². The van der Waals surface area contributed by atoms with Crippen LogP contribution in [-0.4, -0.2) is 18.8 Å². The van der Waals surface area contributed by atoms with Crippen molar-refractivity contribution in [2.75, 3.05) is 6.54 Å². The molecule has 2 nitrogen and oxygen atoms in total. The van der Waals surface area contributed by atoms with E-state index in [9.17, 15) is 0 Å². The molecule has 0 radical (unpaired) electrons. The number of epoxide rings is 1. The van der Waals surface area contributed by atoms with Crippen molar-refractivity contribution in [3.05, 3.63) is 0 Å². The van der Waals surface area contributed by atoms with Crippen LogP contribution >= 0.6 is 0 Å². The van der Waals surface area contributed by atoms with Gasteiger partial charge in [0.1, 0.15) is 0 Å². The maximum Gasteiger partial charge on any atom is 0.0845 e. The Kier molecular flexibility index (Phi) is 1.24. The van der Waals surface area contributed by atoms with Gasteiger partial charge in [-0.05, 0) is 31.7 Å². The molecule has 3 atom stereocenters. The summed E-state index contributed by atoms with van der Waals surface area (Å²) >= 11 is 0. The smallest absolute Gasteiger partial charge is 0.0845 e. The number of hydrogen-bond acceptors (Lipinski definition) is 2. The minimum absolute atomic E-state index is 0.604. The summed E-state index contributed by atoms with van der Waals surface area (Å²) in [5.74, 6) is 0.758. The number of hydrogen-bond donors (Lipinski definition) is 1. The molecule has 0 aromatic carbocycles. The predicted molar refractivity (Wildman–Crippen MR) is 35.1 cm³/mol. The van der Waals surface area contributed by atoms with Gasteiger partial charge in [0.25, 0.3) is 0 Å². The van der Waals surface area contributed by atoms with Gasteiger partial charge in [0.05, 0.1) is 12.2 Å². The molecule has 0 bridgehead atoms. The third-order valence-electron chi connectivity index (χ3n) is 2.45. The van der Waals surface area contributed by atoms with E-state index in [2.05, 4.69) is 0 Å². The summed E-state index contributed by atoms with van der Waals surface area (Å²) in [6.07, 6.45) is 5.01. The predicted octanol–water partition coefficient (Wildman–Crippen LogP) is 0.513. The van der Waals surface area contributed by atoms with Crippen LogP contribution in [0.15, 0.2) is 0 Å². The molecule has 0 spiro atoms. The summed E-state index contributed by atoms with van der Waals surface area (Å²) in [5, 5.41) is 0. The number of rotatable bonds is 1. The molecule has 2 N–H and O–H groups in total. The molecule has 2 rings (SSSR count). The third-order valence-corrected chi connectivity index (χ3v) is 2.45. The van der Waals surface area contributed by atoms with E-state index in [1.54, 1.807) is 0 Å². The first-order chi connectivity index (χ1) is 4.40. The molecule has 1 aliphatic heterocycles. The van der Waals surface area contributed by atoms with Crippen molar-refractivity contribution in [3.63, 3.8) is 0 Å². The summed E-state index contributed by atoms with van der Waals surface area (Å²) in [6, 6.07) is 0. The molecule has 0 aromatic heterocycles. The molecule has 0 amide bonds. The van der Waals surface area contributed by atoms with Crippen LogP contribution in [0.25, 0.3) is 0 Å². The second-order valence-corrected chi connectivity index (χ2v) is 3.13. The normalized spacial score (nSPS) is 48.3. The van der Waals surface area contributed by atoms with Crippen molar-refractivity contribution in [2.45, 2.75) is 31.5 Å². The van der Waals surface area contributed by atoms with Gasteiger partial charge < -0.3 is 10.5 Å². The third kappa shape index (κ3) is 0.970. The van der Waals surface area contributed by atoms with E-state index in [4.69, 9.17) is 10.5 Å². The van der Waals surface area contributed by atoms with E-state index >= 15 is 0 Å². The number of ether oxygens (including phenoxy) is 1. The molecule has 52 valence electrons. The minimum Gasteiger partial charge on any atom is -0.370 e. The molecule has 1 saturated heterocycles. The highest BCUT2D eigenvalue weighted by Gasteiger charge is 2.43. The number of fused-ring (bicyclic) bond motifs is 1. The Hall–Kier alpha value is -0.0800. The van der Waals surface area contributed by atoms with Crippen LogP contribution in [0.3, 0.4) is 0 Å². The highest BCUT2D eigenvalue weighted by atomic mass is 16.6. The summed E-state index contributed by atoms with van der Waals surface area (Å²) < 4.78 is 5.35. The van der Waals surface area contributed by atoms with Crippen molar-refractivity contribution in [2.24, 2.45) is 11.7 Å². The van der Waals surface area contributed by atoms with Gasteiger partial charge in [-0.25, -0.2) is 0 Å². The Morgan fingerprint density at radius 3 is 2.89 bits per heavy atom. The van der Waals surface area contributed by atoms with E-state index in [1.807, 2.05) is 0 Å². The first kappa shape index (κ1) is 5.69. The summed E-state index contributed by atoms with van der Waals surface area (Å²) in [6.45, 7) is 0.854. The fraction of sp³-hybridized carbons (Fsp3) is 1.00. The van der Waals surface area contributed by atoms with E-state index in [0.29, 0.717) is 12.2 Å². The van der Waals surface area contributed by atoms with Gasteiger partial charge in [-0.15, -0.1) is 0 Å². The van der Waals surface area contributed by atoms with E-state index in [-0.39, 0.29) is 0 Å². The van der Waals surface area contributed by atoms with Crippen LogP contribution in [0.4, 0.5) is 0 Å². The lowest BCUT2D eigenvalue weighted by atomic mass is 9.90. The van der Waals surface area contributed by atoms with Crippen molar-refractivity contribution in [3.8, 4) is 0 Å². The largest absolute Gasteiger partial charge is 0.370 e. The highest BCUT2D eigenvalue weighted by molar-refractivity contribution is 4.91. The summed E-state index contributed by atoms with van der Waals surface area (Å²) in [5.41, 5.74) is 5.53. The molecule has 1 aliphatic carbocycles. The zero-order valence-corrected chi connectivity index (χ0v) is 5.55. The molecular weight excluding hydrogens is 114 g/mol. The monoisotopic (exact) mass is 127 g/mol. The molecule has 2 fully saturated rings. The van der Waals surface area contributed by atoms with E-state index in [1.165, 1.54) is 19.3 Å². The van der Waals surface area contributed by atoms with Gasteiger partial charge in [0, 0.05) is 0 Å². The molecule has 1 saturated carbocycles. The Balaban J connectivity index is 1.86. The van der Waals surface area contributed by atoms with Crippen LogP contribution in [0.5, 0.6) is 0 Å².